The van der Waals surface area contributed by atoms with Crippen molar-refractivity contribution in [1.29, 1.82) is 0 Å². The largest absolute Gasteiger partial charge is 0.481 e. The standard InChI is InChI=1S/C20H28N2O5/c1-2-11-22(20(26)27-15-16-9-5-3-6-10-16)17(14-18(23)24)19(25)21-12-7-4-8-13-21/h3,5-6,9-10,17H,2,4,7-8,11-15H2,1H3,(H,23,24). The average Bonchev–Trinajstić information content (AvgIpc) is 2.69. The third-order valence-corrected chi connectivity index (χ3v) is 4.60. The SMILES string of the molecule is CCCN(C(=O)OCc1ccccc1)C(CC(=O)O)C(=O)N1CCCCC1. The molecule has 2 rings (SSSR count). The molecule has 1 fully saturated rings. The summed E-state index contributed by atoms with van der Waals surface area (Å²) < 4.78 is 5.37. The van der Waals surface area contributed by atoms with Gasteiger partial charge in [0, 0.05) is 19.6 Å². The third kappa shape index (κ3) is 6.27. The number of amides is 2. The van der Waals surface area contributed by atoms with E-state index in [0.29, 0.717) is 19.5 Å². The van der Waals surface area contributed by atoms with Gasteiger partial charge >= 0.3 is 12.1 Å². The monoisotopic (exact) mass is 376 g/mol. The minimum absolute atomic E-state index is 0.0809. The van der Waals surface area contributed by atoms with Crippen LogP contribution in [0.2, 0.25) is 0 Å². The summed E-state index contributed by atoms with van der Waals surface area (Å²) in [6, 6.07) is 8.20. The molecule has 1 unspecified atom stereocenters. The Morgan fingerprint density at radius 3 is 2.41 bits per heavy atom. The number of hydrogen-bond donors (Lipinski definition) is 1. The Balaban J connectivity index is 2.11. The molecule has 1 aliphatic rings. The Labute approximate surface area is 159 Å². The molecule has 2 amide bonds. The Kier molecular flexibility index (Phi) is 8.10. The average molecular weight is 376 g/mol. The first kappa shape index (κ1) is 20.7. The summed E-state index contributed by atoms with van der Waals surface area (Å²) in [5, 5.41) is 9.29. The lowest BCUT2D eigenvalue weighted by Crippen LogP contribution is -2.53. The maximum absolute atomic E-state index is 12.9. The molecule has 7 nitrogen and oxygen atoms in total. The zero-order valence-electron chi connectivity index (χ0n) is 15.8. The van der Waals surface area contributed by atoms with Crippen LogP contribution < -0.4 is 0 Å². The Morgan fingerprint density at radius 2 is 1.81 bits per heavy atom. The van der Waals surface area contributed by atoms with Gasteiger partial charge in [-0.05, 0) is 31.2 Å². The lowest BCUT2D eigenvalue weighted by molar-refractivity contribution is -0.145. The van der Waals surface area contributed by atoms with Crippen molar-refractivity contribution in [1.82, 2.24) is 9.80 Å². The van der Waals surface area contributed by atoms with Gasteiger partial charge in [-0.25, -0.2) is 4.79 Å². The van der Waals surface area contributed by atoms with Crippen LogP contribution >= 0.6 is 0 Å². The van der Waals surface area contributed by atoms with Gasteiger partial charge in [-0.3, -0.25) is 14.5 Å². The van der Waals surface area contributed by atoms with Gasteiger partial charge in [-0.2, -0.15) is 0 Å². The zero-order chi connectivity index (χ0) is 19.6. The smallest absolute Gasteiger partial charge is 0.410 e. The molecule has 0 radical (unpaired) electrons. The first-order valence-electron chi connectivity index (χ1n) is 9.50. The minimum Gasteiger partial charge on any atom is -0.481 e. The van der Waals surface area contributed by atoms with E-state index in [1.54, 1.807) is 4.90 Å². The van der Waals surface area contributed by atoms with E-state index < -0.39 is 24.5 Å². The van der Waals surface area contributed by atoms with E-state index in [9.17, 15) is 19.5 Å². The molecule has 1 heterocycles. The third-order valence-electron chi connectivity index (χ3n) is 4.60. The molecule has 1 aromatic carbocycles. The first-order valence-corrected chi connectivity index (χ1v) is 9.50. The van der Waals surface area contributed by atoms with E-state index in [2.05, 4.69) is 0 Å². The van der Waals surface area contributed by atoms with Gasteiger partial charge in [0.25, 0.3) is 0 Å². The highest BCUT2D eigenvalue weighted by atomic mass is 16.6. The summed E-state index contributed by atoms with van der Waals surface area (Å²) >= 11 is 0. The van der Waals surface area contributed by atoms with Gasteiger partial charge < -0.3 is 14.7 Å². The van der Waals surface area contributed by atoms with Crippen LogP contribution in [0.1, 0.15) is 44.6 Å². The lowest BCUT2D eigenvalue weighted by Gasteiger charge is -2.35. The number of carbonyl (C=O) groups is 3. The van der Waals surface area contributed by atoms with Gasteiger partial charge in [-0.15, -0.1) is 0 Å². The van der Waals surface area contributed by atoms with Crippen LogP contribution in [0.15, 0.2) is 30.3 Å². The molecule has 1 saturated heterocycles. The van der Waals surface area contributed by atoms with Gasteiger partial charge in [0.05, 0.1) is 6.42 Å². The molecule has 0 aromatic heterocycles. The van der Waals surface area contributed by atoms with E-state index >= 15 is 0 Å². The molecular weight excluding hydrogens is 348 g/mol. The van der Waals surface area contributed by atoms with Gasteiger partial charge in [0.2, 0.25) is 5.91 Å². The Bertz CT molecular complexity index is 629. The molecule has 148 valence electrons. The molecule has 7 heteroatoms. The fraction of sp³-hybridized carbons (Fsp3) is 0.550. The number of carboxylic acid groups (broad SMARTS) is 1. The predicted octanol–water partition coefficient (Wildman–Crippen LogP) is 2.89. The Hall–Kier alpha value is -2.57. The summed E-state index contributed by atoms with van der Waals surface area (Å²) in [7, 11) is 0. The van der Waals surface area contributed by atoms with Crippen molar-refractivity contribution >= 4 is 18.0 Å². The van der Waals surface area contributed by atoms with Crippen molar-refractivity contribution in [3.8, 4) is 0 Å². The fourth-order valence-electron chi connectivity index (χ4n) is 3.24. The number of ether oxygens (including phenoxy) is 1. The van der Waals surface area contributed by atoms with Crippen molar-refractivity contribution < 1.29 is 24.2 Å². The van der Waals surface area contributed by atoms with Gasteiger partial charge in [-0.1, -0.05) is 37.3 Å². The normalized spacial score (nSPS) is 15.1. The second kappa shape index (κ2) is 10.5. The highest BCUT2D eigenvalue weighted by molar-refractivity contribution is 5.89. The van der Waals surface area contributed by atoms with Crippen molar-refractivity contribution in [3.63, 3.8) is 0 Å². The Morgan fingerprint density at radius 1 is 1.15 bits per heavy atom. The number of hydrogen-bond acceptors (Lipinski definition) is 4. The summed E-state index contributed by atoms with van der Waals surface area (Å²) in [6.07, 6.45) is 2.39. The van der Waals surface area contributed by atoms with Crippen LogP contribution in [0.25, 0.3) is 0 Å². The van der Waals surface area contributed by atoms with Crippen LogP contribution in [0.4, 0.5) is 4.79 Å². The summed E-state index contributed by atoms with van der Waals surface area (Å²) in [4.78, 5) is 39.9. The number of benzene rings is 1. The van der Waals surface area contributed by atoms with Gasteiger partial charge in [0.1, 0.15) is 12.6 Å². The van der Waals surface area contributed by atoms with E-state index in [4.69, 9.17) is 4.74 Å². The quantitative estimate of drug-likeness (QED) is 0.754. The first-order chi connectivity index (χ1) is 13.0. The lowest BCUT2D eigenvalue weighted by atomic mass is 10.1. The maximum atomic E-state index is 12.9. The fourth-order valence-corrected chi connectivity index (χ4v) is 3.24. The molecule has 0 aliphatic carbocycles. The summed E-state index contributed by atoms with van der Waals surface area (Å²) in [6.45, 7) is 3.44. The number of nitrogens with zero attached hydrogens (tertiary/aromatic N) is 2. The summed E-state index contributed by atoms with van der Waals surface area (Å²) in [5.41, 5.74) is 0.833. The number of rotatable bonds is 8. The topological polar surface area (TPSA) is 87.1 Å². The van der Waals surface area contributed by atoms with Crippen molar-refractivity contribution in [2.24, 2.45) is 0 Å². The maximum Gasteiger partial charge on any atom is 0.410 e. The van der Waals surface area contributed by atoms with Crippen molar-refractivity contribution in [2.75, 3.05) is 19.6 Å². The van der Waals surface area contributed by atoms with Crippen LogP contribution in [0, 0.1) is 0 Å². The van der Waals surface area contributed by atoms with E-state index in [1.807, 2.05) is 37.3 Å². The molecule has 0 spiro atoms. The molecule has 1 atom stereocenters. The molecule has 1 aliphatic heterocycles. The number of aliphatic carboxylic acids is 1. The van der Waals surface area contributed by atoms with Crippen LogP contribution in [-0.2, 0) is 20.9 Å². The molecule has 0 bridgehead atoms. The second-order valence-corrected chi connectivity index (χ2v) is 6.73. The number of carbonyl (C=O) groups excluding carboxylic acids is 2. The molecule has 1 aromatic rings. The second-order valence-electron chi connectivity index (χ2n) is 6.73. The van der Waals surface area contributed by atoms with Crippen LogP contribution in [0.5, 0.6) is 0 Å². The van der Waals surface area contributed by atoms with Gasteiger partial charge in [0.15, 0.2) is 0 Å². The number of likely N-dealkylation sites (tertiary alicyclic amines) is 1. The van der Waals surface area contributed by atoms with Crippen molar-refractivity contribution in [3.05, 3.63) is 35.9 Å². The molecular formula is C20H28N2O5. The molecule has 27 heavy (non-hydrogen) atoms. The van der Waals surface area contributed by atoms with Crippen LogP contribution in [0.3, 0.4) is 0 Å². The molecule has 1 N–H and O–H groups in total. The zero-order valence-corrected chi connectivity index (χ0v) is 15.8. The van der Waals surface area contributed by atoms with Crippen molar-refractivity contribution in [2.45, 2.75) is 51.7 Å². The highest BCUT2D eigenvalue weighted by Crippen LogP contribution is 2.17. The predicted molar refractivity (Wildman–Crippen MR) is 100 cm³/mol. The minimum atomic E-state index is -1.11. The van der Waals surface area contributed by atoms with Crippen LogP contribution in [-0.4, -0.2) is 58.6 Å². The highest BCUT2D eigenvalue weighted by Gasteiger charge is 2.35. The summed E-state index contributed by atoms with van der Waals surface area (Å²) in [5.74, 6) is -1.41. The number of piperidine rings is 1. The molecule has 0 saturated carbocycles. The van der Waals surface area contributed by atoms with E-state index in [1.165, 1.54) is 4.90 Å². The van der Waals surface area contributed by atoms with E-state index in [-0.39, 0.29) is 19.1 Å². The number of carboxylic acids is 1. The van der Waals surface area contributed by atoms with E-state index in [0.717, 1.165) is 24.8 Å².